The molecule has 0 bridgehead atoms. The maximum absolute atomic E-state index is 13.9. The molecule has 0 heterocycles. The van der Waals surface area contributed by atoms with Crippen molar-refractivity contribution in [2.75, 3.05) is 17.4 Å². The summed E-state index contributed by atoms with van der Waals surface area (Å²) in [6, 6.07) is 19.9. The zero-order valence-corrected chi connectivity index (χ0v) is 25.5. The topological polar surface area (TPSA) is 86.8 Å². The normalized spacial score (nSPS) is 12.0. The number of sulfonamides is 1. The van der Waals surface area contributed by atoms with Crippen molar-refractivity contribution in [1.82, 2.24) is 10.2 Å². The van der Waals surface area contributed by atoms with Crippen molar-refractivity contribution in [2.24, 2.45) is 0 Å². The molecule has 3 aromatic carbocycles. The Morgan fingerprint density at radius 2 is 1.58 bits per heavy atom. The maximum Gasteiger partial charge on any atom is 0.264 e. The Morgan fingerprint density at radius 1 is 0.947 bits per heavy atom. The monoisotopic (exact) mass is 663 g/mol. The Labute approximate surface area is 241 Å². The van der Waals surface area contributed by atoms with E-state index in [1.807, 2.05) is 38.1 Å². The molecule has 2 amide bonds. The Balaban J connectivity index is 2.02. The van der Waals surface area contributed by atoms with Gasteiger partial charge in [0.15, 0.2) is 0 Å². The summed E-state index contributed by atoms with van der Waals surface area (Å²) in [5, 5.41) is 2.84. The molecule has 3 rings (SSSR count). The highest BCUT2D eigenvalue weighted by Crippen LogP contribution is 2.27. The first kappa shape index (κ1) is 29.9. The van der Waals surface area contributed by atoms with E-state index in [2.05, 4.69) is 37.2 Å². The smallest absolute Gasteiger partial charge is 0.264 e. The summed E-state index contributed by atoms with van der Waals surface area (Å²) < 4.78 is 30.2. The molecule has 38 heavy (non-hydrogen) atoms. The molecule has 202 valence electrons. The molecule has 0 unspecified atom stereocenters. The van der Waals surface area contributed by atoms with Crippen LogP contribution in [0, 0.1) is 6.92 Å². The van der Waals surface area contributed by atoms with Crippen LogP contribution in [0.5, 0.6) is 0 Å². The minimum Gasteiger partial charge on any atom is -0.354 e. The van der Waals surface area contributed by atoms with E-state index in [1.165, 1.54) is 17.0 Å². The molecule has 7 nitrogen and oxygen atoms in total. The minimum atomic E-state index is -4.10. The Hall–Kier alpha value is -2.69. The van der Waals surface area contributed by atoms with Crippen molar-refractivity contribution in [1.29, 1.82) is 0 Å². The van der Waals surface area contributed by atoms with Gasteiger partial charge in [0.1, 0.15) is 12.6 Å². The molecule has 0 aliphatic rings. The number of amides is 2. The molecule has 0 radical (unpaired) electrons. The molecular weight excluding hydrogens is 634 g/mol. The molecule has 0 aromatic heterocycles. The van der Waals surface area contributed by atoms with Gasteiger partial charge in [-0.15, -0.1) is 0 Å². The second kappa shape index (κ2) is 13.4. The van der Waals surface area contributed by atoms with Crippen LogP contribution in [0.1, 0.15) is 31.4 Å². The largest absolute Gasteiger partial charge is 0.354 e. The third-order valence-electron chi connectivity index (χ3n) is 5.94. The summed E-state index contributed by atoms with van der Waals surface area (Å²) in [6.45, 7) is 5.60. The lowest BCUT2D eigenvalue weighted by atomic mass is 10.1. The highest BCUT2D eigenvalue weighted by atomic mass is 79.9. The lowest BCUT2D eigenvalue weighted by molar-refractivity contribution is -0.139. The van der Waals surface area contributed by atoms with E-state index in [0.29, 0.717) is 16.7 Å². The fourth-order valence-electron chi connectivity index (χ4n) is 3.81. The molecule has 0 aliphatic heterocycles. The predicted molar refractivity (Wildman–Crippen MR) is 157 cm³/mol. The van der Waals surface area contributed by atoms with Gasteiger partial charge in [-0.1, -0.05) is 74.7 Å². The van der Waals surface area contributed by atoms with E-state index in [-0.39, 0.29) is 17.3 Å². The third kappa shape index (κ3) is 7.68. The lowest BCUT2D eigenvalue weighted by Crippen LogP contribution is -2.51. The van der Waals surface area contributed by atoms with E-state index in [1.54, 1.807) is 43.3 Å². The molecule has 0 saturated heterocycles. The number of hydrogen-bond acceptors (Lipinski definition) is 4. The first-order valence-electron chi connectivity index (χ1n) is 12.2. The maximum atomic E-state index is 13.9. The van der Waals surface area contributed by atoms with Crippen molar-refractivity contribution in [3.63, 3.8) is 0 Å². The number of halogens is 2. The summed E-state index contributed by atoms with van der Waals surface area (Å²) in [4.78, 5) is 28.3. The van der Waals surface area contributed by atoms with Crippen LogP contribution in [-0.4, -0.2) is 44.3 Å². The number of carbonyl (C=O) groups is 2. The van der Waals surface area contributed by atoms with Crippen molar-refractivity contribution < 1.29 is 18.0 Å². The van der Waals surface area contributed by atoms with Crippen molar-refractivity contribution in [3.05, 3.63) is 92.9 Å². The Morgan fingerprint density at radius 3 is 2.18 bits per heavy atom. The van der Waals surface area contributed by atoms with Crippen molar-refractivity contribution >= 4 is 59.4 Å². The summed E-state index contributed by atoms with van der Waals surface area (Å²) in [5.41, 5.74) is 2.05. The minimum absolute atomic E-state index is 0.0724. The van der Waals surface area contributed by atoms with Crippen molar-refractivity contribution in [3.8, 4) is 0 Å². The zero-order chi connectivity index (χ0) is 27.9. The Bertz CT molecular complexity index is 1380. The van der Waals surface area contributed by atoms with Crippen LogP contribution >= 0.6 is 31.9 Å². The summed E-state index contributed by atoms with van der Waals surface area (Å²) in [7, 11) is -4.10. The molecule has 0 saturated carbocycles. The van der Waals surface area contributed by atoms with Crippen LogP contribution < -0.4 is 9.62 Å². The van der Waals surface area contributed by atoms with E-state index in [4.69, 9.17) is 0 Å². The summed E-state index contributed by atoms with van der Waals surface area (Å²) >= 11 is 6.85. The van der Waals surface area contributed by atoms with Gasteiger partial charge in [0.05, 0.1) is 10.6 Å². The molecular formula is C28H31Br2N3O4S. The first-order chi connectivity index (χ1) is 18.0. The number of nitrogens with zero attached hydrogens (tertiary/aromatic N) is 2. The number of carbonyl (C=O) groups excluding carboxylic acids is 2. The molecule has 0 spiro atoms. The van der Waals surface area contributed by atoms with E-state index in [9.17, 15) is 18.0 Å². The molecule has 0 fully saturated rings. The molecule has 0 aliphatic carbocycles. The van der Waals surface area contributed by atoms with Crippen LogP contribution in [-0.2, 0) is 26.2 Å². The van der Waals surface area contributed by atoms with E-state index >= 15 is 0 Å². The standard InChI is InChI=1S/C28H31Br2N3O4S/c1-4-15-31-28(35)21(3)32(18-22-7-5-8-23(29)16-22)27(34)19-33(25-10-6-9-24(30)17-25)38(36,37)26-13-11-20(2)12-14-26/h5-14,16-17,21H,4,15,18-19H2,1-3H3,(H,31,35)/t21-/m0/s1. The lowest BCUT2D eigenvalue weighted by Gasteiger charge is -2.32. The summed E-state index contributed by atoms with van der Waals surface area (Å²) in [6.07, 6.45) is 0.753. The van der Waals surface area contributed by atoms with Gasteiger partial charge in [0, 0.05) is 22.0 Å². The van der Waals surface area contributed by atoms with Gasteiger partial charge in [-0.3, -0.25) is 13.9 Å². The Kier molecular flexibility index (Phi) is 10.5. The second-order valence-corrected chi connectivity index (χ2v) is 12.6. The number of rotatable bonds is 11. The SMILES string of the molecule is CCCNC(=O)[C@H](C)N(Cc1cccc(Br)c1)C(=O)CN(c1cccc(Br)c1)S(=O)(=O)c1ccc(C)cc1. The average molecular weight is 665 g/mol. The number of benzene rings is 3. The number of anilines is 1. The van der Waals surface area contributed by atoms with Gasteiger partial charge in [0.25, 0.3) is 10.0 Å². The van der Waals surface area contributed by atoms with Gasteiger partial charge in [-0.05, 0) is 68.3 Å². The number of nitrogens with one attached hydrogen (secondary N) is 1. The molecule has 10 heteroatoms. The first-order valence-corrected chi connectivity index (χ1v) is 15.2. The zero-order valence-electron chi connectivity index (χ0n) is 21.5. The van der Waals surface area contributed by atoms with Crippen LogP contribution in [0.3, 0.4) is 0 Å². The highest BCUT2D eigenvalue weighted by Gasteiger charge is 2.32. The number of aryl methyl sites for hydroxylation is 1. The van der Waals surface area contributed by atoms with Crippen LogP contribution in [0.2, 0.25) is 0 Å². The molecule has 1 atom stereocenters. The van der Waals surface area contributed by atoms with Crippen LogP contribution in [0.25, 0.3) is 0 Å². The quantitative estimate of drug-likeness (QED) is 0.287. The van der Waals surface area contributed by atoms with Gasteiger partial charge < -0.3 is 10.2 Å². The summed E-state index contributed by atoms with van der Waals surface area (Å²) in [5.74, 6) is -0.801. The van der Waals surface area contributed by atoms with Gasteiger partial charge in [-0.25, -0.2) is 8.42 Å². The second-order valence-electron chi connectivity index (χ2n) is 8.92. The average Bonchev–Trinajstić information content (AvgIpc) is 2.88. The molecule has 3 aromatic rings. The van der Waals surface area contributed by atoms with E-state index < -0.39 is 28.5 Å². The van der Waals surface area contributed by atoms with Crippen LogP contribution in [0.4, 0.5) is 5.69 Å². The van der Waals surface area contributed by atoms with E-state index in [0.717, 1.165) is 26.3 Å². The molecule has 1 N–H and O–H groups in total. The van der Waals surface area contributed by atoms with Gasteiger partial charge in [-0.2, -0.15) is 0 Å². The van der Waals surface area contributed by atoms with Gasteiger partial charge in [0.2, 0.25) is 11.8 Å². The highest BCUT2D eigenvalue weighted by molar-refractivity contribution is 9.10. The van der Waals surface area contributed by atoms with Crippen LogP contribution in [0.15, 0.2) is 86.6 Å². The fourth-order valence-corrected chi connectivity index (χ4v) is 6.05. The van der Waals surface area contributed by atoms with Crippen molar-refractivity contribution in [2.45, 2.75) is 44.7 Å². The fraction of sp³-hybridized carbons (Fsp3) is 0.286. The van der Waals surface area contributed by atoms with Gasteiger partial charge >= 0.3 is 0 Å². The third-order valence-corrected chi connectivity index (χ3v) is 8.72. The number of hydrogen-bond donors (Lipinski definition) is 1. The predicted octanol–water partition coefficient (Wildman–Crippen LogP) is 5.66.